The van der Waals surface area contributed by atoms with Crippen molar-refractivity contribution in [1.29, 1.82) is 0 Å². The summed E-state index contributed by atoms with van der Waals surface area (Å²) >= 11 is 0. The van der Waals surface area contributed by atoms with Crippen LogP contribution >= 0.6 is 0 Å². The molecule has 1 aromatic rings. The van der Waals surface area contributed by atoms with Crippen molar-refractivity contribution >= 4 is 17.8 Å². The Labute approximate surface area is 178 Å². The van der Waals surface area contributed by atoms with Gasteiger partial charge in [-0.3, -0.25) is 14.4 Å². The molecule has 30 heavy (non-hydrogen) atoms. The van der Waals surface area contributed by atoms with Gasteiger partial charge in [-0.25, -0.2) is 0 Å². The Morgan fingerprint density at radius 1 is 1.27 bits per heavy atom. The molecular weight excluding hydrogens is 386 g/mol. The van der Waals surface area contributed by atoms with Gasteiger partial charge >= 0.3 is 5.97 Å². The van der Waals surface area contributed by atoms with Gasteiger partial charge in [0.05, 0.1) is 25.7 Å². The predicted octanol–water partition coefficient (Wildman–Crippen LogP) is 1.62. The Morgan fingerprint density at radius 3 is 2.67 bits per heavy atom. The third-order valence-corrected chi connectivity index (χ3v) is 4.67. The Bertz CT molecular complexity index is 705. The lowest BCUT2D eigenvalue weighted by molar-refractivity contribution is -0.151. The number of hydrogen-bond acceptors (Lipinski definition) is 6. The molecule has 1 aromatic carbocycles. The van der Waals surface area contributed by atoms with E-state index in [1.54, 1.807) is 0 Å². The van der Waals surface area contributed by atoms with Crippen molar-refractivity contribution in [1.82, 2.24) is 15.5 Å². The summed E-state index contributed by atoms with van der Waals surface area (Å²) in [6, 6.07) is 6.86. The molecule has 1 unspecified atom stereocenters. The molecule has 1 saturated heterocycles. The molecule has 2 N–H and O–H groups in total. The average molecular weight is 420 g/mol. The Kier molecular flexibility index (Phi) is 9.60. The maximum Gasteiger partial charge on any atom is 0.308 e. The van der Waals surface area contributed by atoms with Crippen molar-refractivity contribution in [3.8, 4) is 5.75 Å². The summed E-state index contributed by atoms with van der Waals surface area (Å²) in [5.41, 5.74) is 1.02. The number of nitrogens with one attached hydrogen (secondary N) is 2. The zero-order valence-corrected chi connectivity index (χ0v) is 18.1. The number of unbranched alkanes of at least 4 members (excludes halogenated alkanes) is 1. The van der Waals surface area contributed by atoms with Gasteiger partial charge in [-0.2, -0.15) is 0 Å². The third-order valence-electron chi connectivity index (χ3n) is 4.67. The van der Waals surface area contributed by atoms with Gasteiger partial charge in [-0.15, -0.1) is 0 Å². The first-order chi connectivity index (χ1) is 14.4. The number of hydrogen-bond donors (Lipinski definition) is 2. The summed E-state index contributed by atoms with van der Waals surface area (Å²) in [6.45, 7) is 7.63. The Balaban J connectivity index is 1.84. The summed E-state index contributed by atoms with van der Waals surface area (Å²) in [4.78, 5) is 38.4. The second kappa shape index (κ2) is 12.2. The molecule has 0 spiro atoms. The molecule has 1 atom stereocenters. The van der Waals surface area contributed by atoms with E-state index in [0.717, 1.165) is 24.2 Å². The van der Waals surface area contributed by atoms with Crippen LogP contribution in [-0.2, 0) is 25.7 Å². The highest BCUT2D eigenvalue weighted by molar-refractivity contribution is 5.92. The number of ether oxygens (including phenoxy) is 2. The SMILES string of the molecule is CCCCOC(=O)CC1C(=O)NCCN1C(=O)CNCc1ccc(OC(C)C)cc1. The molecule has 1 fully saturated rings. The molecule has 8 nitrogen and oxygen atoms in total. The van der Waals surface area contributed by atoms with Gasteiger partial charge in [0.2, 0.25) is 11.8 Å². The van der Waals surface area contributed by atoms with Crippen molar-refractivity contribution < 1.29 is 23.9 Å². The number of esters is 1. The first kappa shape index (κ1) is 23.7. The number of carbonyl (C=O) groups is 3. The minimum absolute atomic E-state index is 0.0822. The summed E-state index contributed by atoms with van der Waals surface area (Å²) in [7, 11) is 0. The monoisotopic (exact) mass is 419 g/mol. The van der Waals surface area contributed by atoms with Crippen LogP contribution in [0.2, 0.25) is 0 Å². The van der Waals surface area contributed by atoms with Gasteiger partial charge in [0.15, 0.2) is 0 Å². The van der Waals surface area contributed by atoms with Crippen LogP contribution in [0.1, 0.15) is 45.6 Å². The van der Waals surface area contributed by atoms with Crippen molar-refractivity contribution in [2.45, 2.75) is 58.7 Å². The number of benzene rings is 1. The zero-order valence-electron chi connectivity index (χ0n) is 18.1. The number of piperazine rings is 1. The summed E-state index contributed by atoms with van der Waals surface area (Å²) < 4.78 is 10.8. The largest absolute Gasteiger partial charge is 0.491 e. The minimum Gasteiger partial charge on any atom is -0.491 e. The fraction of sp³-hybridized carbons (Fsp3) is 0.591. The maximum absolute atomic E-state index is 12.7. The van der Waals surface area contributed by atoms with E-state index in [2.05, 4.69) is 10.6 Å². The lowest BCUT2D eigenvalue weighted by Gasteiger charge is -2.34. The van der Waals surface area contributed by atoms with E-state index in [1.165, 1.54) is 4.90 Å². The zero-order chi connectivity index (χ0) is 21.9. The van der Waals surface area contributed by atoms with E-state index in [4.69, 9.17) is 9.47 Å². The average Bonchev–Trinajstić information content (AvgIpc) is 2.70. The summed E-state index contributed by atoms with van der Waals surface area (Å²) in [5, 5.41) is 5.83. The quantitative estimate of drug-likeness (QED) is 0.418. The number of rotatable bonds is 11. The van der Waals surface area contributed by atoms with Crippen LogP contribution in [0.5, 0.6) is 5.75 Å². The van der Waals surface area contributed by atoms with Crippen molar-refractivity contribution in [3.63, 3.8) is 0 Å². The molecular formula is C22H33N3O5. The normalized spacial score (nSPS) is 16.3. The second-order valence-corrected chi connectivity index (χ2v) is 7.59. The van der Waals surface area contributed by atoms with Crippen LogP contribution in [0.25, 0.3) is 0 Å². The number of nitrogens with zero attached hydrogens (tertiary/aromatic N) is 1. The van der Waals surface area contributed by atoms with Crippen molar-refractivity contribution in [2.24, 2.45) is 0 Å². The van der Waals surface area contributed by atoms with Crippen LogP contribution in [0.3, 0.4) is 0 Å². The highest BCUT2D eigenvalue weighted by Gasteiger charge is 2.34. The predicted molar refractivity (Wildman–Crippen MR) is 113 cm³/mol. The molecule has 1 heterocycles. The fourth-order valence-electron chi connectivity index (χ4n) is 3.14. The molecule has 0 saturated carbocycles. The van der Waals surface area contributed by atoms with Gasteiger partial charge in [-0.1, -0.05) is 25.5 Å². The summed E-state index contributed by atoms with van der Waals surface area (Å²) in [5.74, 6) is -0.184. The standard InChI is InChI=1S/C22H33N3O5/c1-4-5-12-29-21(27)13-19-22(28)24-10-11-25(19)20(26)15-23-14-17-6-8-18(9-7-17)30-16(2)3/h6-9,16,19,23H,4-5,10-15H2,1-3H3,(H,24,28). The topological polar surface area (TPSA) is 97.0 Å². The van der Waals surface area contributed by atoms with Crippen LogP contribution < -0.4 is 15.4 Å². The molecule has 1 aliphatic heterocycles. The Morgan fingerprint density at radius 2 is 2.00 bits per heavy atom. The van der Waals surface area contributed by atoms with Gasteiger partial charge < -0.3 is 25.0 Å². The van der Waals surface area contributed by atoms with Crippen LogP contribution in [-0.4, -0.2) is 61.1 Å². The highest BCUT2D eigenvalue weighted by Crippen LogP contribution is 2.14. The van der Waals surface area contributed by atoms with E-state index in [-0.39, 0.29) is 30.9 Å². The van der Waals surface area contributed by atoms with Crippen LogP contribution in [0.15, 0.2) is 24.3 Å². The first-order valence-corrected chi connectivity index (χ1v) is 10.6. The van der Waals surface area contributed by atoms with Crippen molar-refractivity contribution in [3.05, 3.63) is 29.8 Å². The van der Waals surface area contributed by atoms with E-state index in [0.29, 0.717) is 26.2 Å². The molecule has 1 aliphatic rings. The molecule has 166 valence electrons. The minimum atomic E-state index is -0.824. The molecule has 0 bridgehead atoms. The number of carbonyl (C=O) groups excluding carboxylic acids is 3. The van der Waals surface area contributed by atoms with Gasteiger partial charge in [0, 0.05) is 19.6 Å². The molecule has 2 amide bonds. The fourth-order valence-corrected chi connectivity index (χ4v) is 3.14. The molecule has 0 aliphatic carbocycles. The highest BCUT2D eigenvalue weighted by atomic mass is 16.5. The second-order valence-electron chi connectivity index (χ2n) is 7.59. The van der Waals surface area contributed by atoms with E-state index in [9.17, 15) is 14.4 Å². The van der Waals surface area contributed by atoms with Gasteiger partial charge in [-0.05, 0) is 38.0 Å². The van der Waals surface area contributed by atoms with Crippen molar-refractivity contribution in [2.75, 3.05) is 26.2 Å². The van der Waals surface area contributed by atoms with E-state index >= 15 is 0 Å². The van der Waals surface area contributed by atoms with E-state index < -0.39 is 12.0 Å². The Hall–Kier alpha value is -2.61. The lowest BCUT2D eigenvalue weighted by Crippen LogP contribution is -2.59. The lowest BCUT2D eigenvalue weighted by atomic mass is 10.1. The van der Waals surface area contributed by atoms with Gasteiger partial charge in [0.25, 0.3) is 0 Å². The van der Waals surface area contributed by atoms with Crippen LogP contribution in [0.4, 0.5) is 0 Å². The number of amides is 2. The third kappa shape index (κ3) is 7.67. The smallest absolute Gasteiger partial charge is 0.308 e. The molecule has 0 aromatic heterocycles. The van der Waals surface area contributed by atoms with E-state index in [1.807, 2.05) is 45.0 Å². The summed E-state index contributed by atoms with van der Waals surface area (Å²) in [6.07, 6.45) is 1.68. The maximum atomic E-state index is 12.7. The molecule has 2 rings (SSSR count). The van der Waals surface area contributed by atoms with Crippen LogP contribution in [0, 0.1) is 0 Å². The van der Waals surface area contributed by atoms with Gasteiger partial charge in [0.1, 0.15) is 11.8 Å². The first-order valence-electron chi connectivity index (χ1n) is 10.6. The molecule has 8 heteroatoms. The molecule has 0 radical (unpaired) electrons.